The Labute approximate surface area is 211 Å². The van der Waals surface area contributed by atoms with Gasteiger partial charge in [0.1, 0.15) is 23.9 Å². The molecule has 0 aromatic heterocycles. The highest BCUT2D eigenvalue weighted by molar-refractivity contribution is 5.65. The summed E-state index contributed by atoms with van der Waals surface area (Å²) in [6.07, 6.45) is 8.61. The van der Waals surface area contributed by atoms with Gasteiger partial charge in [0.05, 0.1) is 6.61 Å². The summed E-state index contributed by atoms with van der Waals surface area (Å²) < 4.78 is 55.2. The maximum Gasteiger partial charge on any atom is 0.166 e. The van der Waals surface area contributed by atoms with Gasteiger partial charge in [-0.05, 0) is 79.8 Å². The molecule has 1 saturated carbocycles. The lowest BCUT2D eigenvalue weighted by molar-refractivity contribution is 0.340. The lowest BCUT2D eigenvalue weighted by Crippen LogP contribution is -2.13. The third kappa shape index (κ3) is 6.01. The lowest BCUT2D eigenvalue weighted by atomic mass is 9.78. The van der Waals surface area contributed by atoms with Gasteiger partial charge in [-0.2, -0.15) is 0 Å². The second kappa shape index (κ2) is 12.0. The second-order valence-electron chi connectivity index (χ2n) is 9.04. The Kier molecular flexibility index (Phi) is 8.52. The number of benzene rings is 3. The summed E-state index contributed by atoms with van der Waals surface area (Å²) in [6, 6.07) is 15.2. The van der Waals surface area contributed by atoms with E-state index in [1.807, 2.05) is 13.0 Å². The topological polar surface area (TPSA) is 18.5 Å². The molecular formula is C31H31F3O2. The molecule has 0 heterocycles. The van der Waals surface area contributed by atoms with E-state index in [-0.39, 0.29) is 23.2 Å². The minimum absolute atomic E-state index is 0.0310. The number of rotatable bonds is 9. The van der Waals surface area contributed by atoms with Crippen molar-refractivity contribution in [2.75, 3.05) is 13.2 Å². The van der Waals surface area contributed by atoms with E-state index in [4.69, 9.17) is 9.47 Å². The standard InChI is InChI=1S/C31H31F3O2/c1-3-19-36-26-16-13-24(29(32)20-26)10-7-21-5-8-22(9-6-21)27-17-18-28(31(34)30(27)33)23-11-14-25(15-12-23)35-4-2/h3,7,10-18,20-22H,1,4-6,8-9,19H2,2H3/b10-7+. The van der Waals surface area contributed by atoms with Crippen LogP contribution in [0.5, 0.6) is 11.5 Å². The second-order valence-corrected chi connectivity index (χ2v) is 9.04. The molecular weight excluding hydrogens is 461 g/mol. The zero-order chi connectivity index (χ0) is 25.5. The smallest absolute Gasteiger partial charge is 0.166 e. The van der Waals surface area contributed by atoms with Crippen molar-refractivity contribution in [1.29, 1.82) is 0 Å². The highest BCUT2D eigenvalue weighted by atomic mass is 19.2. The molecule has 36 heavy (non-hydrogen) atoms. The van der Waals surface area contributed by atoms with Gasteiger partial charge in [-0.25, -0.2) is 13.2 Å². The fourth-order valence-electron chi connectivity index (χ4n) is 4.75. The first-order valence-corrected chi connectivity index (χ1v) is 12.4. The minimum atomic E-state index is -0.810. The first-order chi connectivity index (χ1) is 17.5. The Morgan fingerprint density at radius 3 is 2.25 bits per heavy atom. The number of ether oxygens (including phenoxy) is 2. The SMILES string of the molecule is C=CCOc1ccc(/C=C/C2CCC(c3ccc(-c4ccc(OCC)cc4)c(F)c3F)CC2)c(F)c1. The fourth-order valence-corrected chi connectivity index (χ4v) is 4.75. The molecule has 0 radical (unpaired) electrons. The molecule has 0 amide bonds. The van der Waals surface area contributed by atoms with E-state index in [9.17, 15) is 4.39 Å². The van der Waals surface area contributed by atoms with Crippen molar-refractivity contribution in [2.45, 2.75) is 38.5 Å². The fraction of sp³-hybridized carbons (Fsp3) is 0.290. The molecule has 0 N–H and O–H groups in total. The Hall–Kier alpha value is -3.47. The summed E-state index contributed by atoms with van der Waals surface area (Å²) in [6.45, 7) is 6.35. The number of halogens is 3. The Bertz CT molecular complexity index is 1210. The molecule has 1 aliphatic carbocycles. The van der Waals surface area contributed by atoms with Gasteiger partial charge in [0.25, 0.3) is 0 Å². The normalized spacial score (nSPS) is 17.8. The molecule has 0 atom stereocenters. The maximum atomic E-state index is 15.1. The van der Waals surface area contributed by atoms with Crippen molar-refractivity contribution in [3.63, 3.8) is 0 Å². The molecule has 3 aromatic rings. The lowest BCUT2D eigenvalue weighted by Gasteiger charge is -2.27. The van der Waals surface area contributed by atoms with Crippen LogP contribution in [0.3, 0.4) is 0 Å². The van der Waals surface area contributed by atoms with E-state index in [1.165, 1.54) is 6.07 Å². The van der Waals surface area contributed by atoms with Gasteiger partial charge >= 0.3 is 0 Å². The third-order valence-corrected chi connectivity index (χ3v) is 6.69. The highest BCUT2D eigenvalue weighted by Crippen LogP contribution is 2.39. The van der Waals surface area contributed by atoms with Gasteiger partial charge in [-0.1, -0.05) is 49.1 Å². The van der Waals surface area contributed by atoms with Gasteiger partial charge in [0.15, 0.2) is 11.6 Å². The van der Waals surface area contributed by atoms with Crippen LogP contribution in [0.1, 0.15) is 49.7 Å². The van der Waals surface area contributed by atoms with Gasteiger partial charge in [-0.15, -0.1) is 0 Å². The molecule has 4 rings (SSSR count). The van der Waals surface area contributed by atoms with Crippen LogP contribution in [-0.2, 0) is 0 Å². The number of hydrogen-bond donors (Lipinski definition) is 0. The summed E-state index contributed by atoms with van der Waals surface area (Å²) in [5, 5.41) is 0. The van der Waals surface area contributed by atoms with E-state index in [1.54, 1.807) is 60.7 Å². The van der Waals surface area contributed by atoms with Crippen LogP contribution in [0.2, 0.25) is 0 Å². The van der Waals surface area contributed by atoms with E-state index >= 15 is 8.78 Å². The monoisotopic (exact) mass is 492 g/mol. The Balaban J connectivity index is 1.39. The van der Waals surface area contributed by atoms with Crippen molar-refractivity contribution in [3.05, 3.63) is 102 Å². The summed E-state index contributed by atoms with van der Waals surface area (Å²) in [5.41, 5.74) is 1.80. The average Bonchev–Trinajstić information content (AvgIpc) is 2.90. The van der Waals surface area contributed by atoms with Crippen LogP contribution in [-0.4, -0.2) is 13.2 Å². The van der Waals surface area contributed by atoms with Crippen LogP contribution >= 0.6 is 0 Å². The molecule has 5 heteroatoms. The predicted octanol–water partition coefficient (Wildman–Crippen LogP) is 8.72. The van der Waals surface area contributed by atoms with Crippen LogP contribution in [0.25, 0.3) is 17.2 Å². The molecule has 0 aliphatic heterocycles. The first kappa shape index (κ1) is 25.6. The summed E-state index contributed by atoms with van der Waals surface area (Å²) in [5.74, 6) is -0.512. The minimum Gasteiger partial charge on any atom is -0.494 e. The zero-order valence-corrected chi connectivity index (χ0v) is 20.5. The van der Waals surface area contributed by atoms with Crippen molar-refractivity contribution in [2.24, 2.45) is 5.92 Å². The van der Waals surface area contributed by atoms with E-state index in [0.717, 1.165) is 25.7 Å². The summed E-state index contributed by atoms with van der Waals surface area (Å²) in [7, 11) is 0. The van der Waals surface area contributed by atoms with Crippen LogP contribution in [0.4, 0.5) is 13.2 Å². The van der Waals surface area contributed by atoms with E-state index in [0.29, 0.717) is 41.4 Å². The van der Waals surface area contributed by atoms with Crippen LogP contribution in [0, 0.1) is 23.4 Å². The van der Waals surface area contributed by atoms with Crippen LogP contribution in [0.15, 0.2) is 73.3 Å². The van der Waals surface area contributed by atoms with Gasteiger partial charge in [0, 0.05) is 17.2 Å². The number of hydrogen-bond acceptors (Lipinski definition) is 2. The van der Waals surface area contributed by atoms with E-state index < -0.39 is 11.6 Å². The van der Waals surface area contributed by atoms with Crippen molar-refractivity contribution in [1.82, 2.24) is 0 Å². The molecule has 1 fully saturated rings. The summed E-state index contributed by atoms with van der Waals surface area (Å²) >= 11 is 0. The zero-order valence-electron chi connectivity index (χ0n) is 20.5. The third-order valence-electron chi connectivity index (χ3n) is 6.69. The predicted molar refractivity (Wildman–Crippen MR) is 139 cm³/mol. The molecule has 0 spiro atoms. The van der Waals surface area contributed by atoms with Crippen molar-refractivity contribution >= 4 is 6.08 Å². The summed E-state index contributed by atoms with van der Waals surface area (Å²) in [4.78, 5) is 0. The average molecular weight is 493 g/mol. The molecule has 0 unspecified atom stereocenters. The van der Waals surface area contributed by atoms with Crippen molar-refractivity contribution < 1.29 is 22.6 Å². The molecule has 0 saturated heterocycles. The molecule has 0 bridgehead atoms. The van der Waals surface area contributed by atoms with Crippen LogP contribution < -0.4 is 9.47 Å². The molecule has 3 aromatic carbocycles. The van der Waals surface area contributed by atoms with Gasteiger partial charge < -0.3 is 9.47 Å². The van der Waals surface area contributed by atoms with Crippen molar-refractivity contribution in [3.8, 4) is 22.6 Å². The molecule has 1 aliphatic rings. The van der Waals surface area contributed by atoms with Gasteiger partial charge in [-0.3, -0.25) is 0 Å². The van der Waals surface area contributed by atoms with E-state index in [2.05, 4.69) is 6.58 Å². The maximum absolute atomic E-state index is 15.1. The highest BCUT2D eigenvalue weighted by Gasteiger charge is 2.26. The van der Waals surface area contributed by atoms with Gasteiger partial charge in [0.2, 0.25) is 0 Å². The Morgan fingerprint density at radius 2 is 1.58 bits per heavy atom. The molecule has 188 valence electrons. The quantitative estimate of drug-likeness (QED) is 0.278. The largest absolute Gasteiger partial charge is 0.494 e. The first-order valence-electron chi connectivity index (χ1n) is 12.4. The molecule has 2 nitrogen and oxygen atoms in total. The number of allylic oxidation sites excluding steroid dienone is 1. The Morgan fingerprint density at radius 1 is 0.861 bits per heavy atom.